The molecule has 3 fully saturated rings. The summed E-state index contributed by atoms with van der Waals surface area (Å²) in [6.07, 6.45) is 5.65. The maximum atomic E-state index is 12.4. The van der Waals surface area contributed by atoms with Crippen molar-refractivity contribution >= 4 is 5.91 Å². The van der Waals surface area contributed by atoms with Gasteiger partial charge in [-0.05, 0) is 62.7 Å². The van der Waals surface area contributed by atoms with Gasteiger partial charge >= 0.3 is 0 Å². The van der Waals surface area contributed by atoms with Crippen molar-refractivity contribution in [3.05, 3.63) is 0 Å². The van der Waals surface area contributed by atoms with Gasteiger partial charge in [0.05, 0.1) is 0 Å². The first kappa shape index (κ1) is 12.5. The Hall–Kier alpha value is -0.570. The fraction of sp³-hybridized carbons (Fsp3) is 0.933. The molecular weight excluding hydrogens is 226 g/mol. The van der Waals surface area contributed by atoms with Gasteiger partial charge in [-0.15, -0.1) is 0 Å². The number of aliphatic hydroxyl groups is 1. The number of aliphatic hydroxyl groups excluding tert-OH is 1. The lowest BCUT2D eigenvalue weighted by molar-refractivity contribution is -0.125. The van der Waals surface area contributed by atoms with Crippen molar-refractivity contribution in [1.82, 2.24) is 5.32 Å². The van der Waals surface area contributed by atoms with Crippen LogP contribution >= 0.6 is 0 Å². The number of rotatable bonds is 5. The molecule has 0 aromatic heterocycles. The number of carbonyl (C=O) groups is 1. The van der Waals surface area contributed by atoms with Gasteiger partial charge in [-0.3, -0.25) is 4.79 Å². The van der Waals surface area contributed by atoms with Crippen LogP contribution < -0.4 is 5.32 Å². The SMILES string of the molecule is CCC(C)(CCO)NC(=O)C1C2C3CCC(C3)C12. The summed E-state index contributed by atoms with van der Waals surface area (Å²) in [6, 6.07) is 0. The molecule has 0 aromatic carbocycles. The van der Waals surface area contributed by atoms with Crippen LogP contribution in [0.4, 0.5) is 0 Å². The van der Waals surface area contributed by atoms with Crippen molar-refractivity contribution in [2.45, 2.75) is 51.5 Å². The molecular formula is C15H25NO2. The Balaban J connectivity index is 1.60. The minimum absolute atomic E-state index is 0.146. The van der Waals surface area contributed by atoms with E-state index in [0.717, 1.165) is 18.3 Å². The van der Waals surface area contributed by atoms with Crippen molar-refractivity contribution in [2.24, 2.45) is 29.6 Å². The van der Waals surface area contributed by atoms with Gasteiger partial charge in [0.1, 0.15) is 0 Å². The molecule has 18 heavy (non-hydrogen) atoms. The van der Waals surface area contributed by atoms with E-state index < -0.39 is 0 Å². The third kappa shape index (κ3) is 1.78. The Morgan fingerprint density at radius 2 is 1.94 bits per heavy atom. The number of carbonyl (C=O) groups excluding carboxylic acids is 1. The van der Waals surface area contributed by atoms with E-state index in [1.807, 2.05) is 6.92 Å². The summed E-state index contributed by atoms with van der Waals surface area (Å²) in [6.45, 7) is 4.27. The lowest BCUT2D eigenvalue weighted by Crippen LogP contribution is -2.47. The molecule has 0 aromatic rings. The van der Waals surface area contributed by atoms with Crippen LogP contribution in [-0.4, -0.2) is 23.2 Å². The highest BCUT2D eigenvalue weighted by Gasteiger charge is 2.67. The van der Waals surface area contributed by atoms with Crippen molar-refractivity contribution in [3.63, 3.8) is 0 Å². The van der Waals surface area contributed by atoms with E-state index in [2.05, 4.69) is 12.2 Å². The summed E-state index contributed by atoms with van der Waals surface area (Å²) < 4.78 is 0. The average Bonchev–Trinajstić information content (AvgIpc) is 2.80. The molecule has 3 heteroatoms. The second-order valence-corrected chi connectivity index (χ2v) is 6.89. The van der Waals surface area contributed by atoms with Crippen LogP contribution in [0.1, 0.15) is 46.0 Å². The quantitative estimate of drug-likeness (QED) is 0.784. The van der Waals surface area contributed by atoms with Crippen LogP contribution in [-0.2, 0) is 4.79 Å². The zero-order valence-electron chi connectivity index (χ0n) is 11.5. The highest BCUT2D eigenvalue weighted by Crippen LogP contribution is 2.69. The summed E-state index contributed by atoms with van der Waals surface area (Å²) in [4.78, 5) is 12.4. The highest BCUT2D eigenvalue weighted by atomic mass is 16.3. The van der Waals surface area contributed by atoms with Crippen LogP contribution in [0.2, 0.25) is 0 Å². The fourth-order valence-electron chi connectivity index (χ4n) is 4.63. The molecule has 2 bridgehead atoms. The lowest BCUT2D eigenvalue weighted by atomic mass is 9.93. The smallest absolute Gasteiger partial charge is 0.224 e. The number of amides is 1. The van der Waals surface area contributed by atoms with Crippen molar-refractivity contribution in [3.8, 4) is 0 Å². The van der Waals surface area contributed by atoms with E-state index in [1.54, 1.807) is 0 Å². The van der Waals surface area contributed by atoms with Gasteiger partial charge in [0.15, 0.2) is 0 Å². The molecule has 1 amide bonds. The van der Waals surface area contributed by atoms with E-state index >= 15 is 0 Å². The second kappa shape index (κ2) is 4.22. The summed E-state index contributed by atoms with van der Waals surface area (Å²) in [5, 5.41) is 12.3. The average molecular weight is 251 g/mol. The van der Waals surface area contributed by atoms with Crippen molar-refractivity contribution in [2.75, 3.05) is 6.61 Å². The molecule has 5 atom stereocenters. The normalized spacial score (nSPS) is 43.4. The Bertz CT molecular complexity index is 340. The van der Waals surface area contributed by atoms with Crippen LogP contribution in [0, 0.1) is 29.6 Å². The molecule has 0 spiro atoms. The van der Waals surface area contributed by atoms with E-state index in [9.17, 15) is 4.79 Å². The van der Waals surface area contributed by atoms with Gasteiger partial charge in [-0.2, -0.15) is 0 Å². The van der Waals surface area contributed by atoms with E-state index in [4.69, 9.17) is 5.11 Å². The molecule has 0 radical (unpaired) electrons. The van der Waals surface area contributed by atoms with Crippen LogP contribution in [0.5, 0.6) is 0 Å². The molecule has 2 N–H and O–H groups in total. The zero-order chi connectivity index (χ0) is 12.9. The first-order valence-electron chi connectivity index (χ1n) is 7.52. The number of fused-ring (bicyclic) bond motifs is 5. The largest absolute Gasteiger partial charge is 0.396 e. The summed E-state index contributed by atoms with van der Waals surface area (Å²) in [5.74, 6) is 3.68. The first-order chi connectivity index (χ1) is 8.59. The van der Waals surface area contributed by atoms with Gasteiger partial charge < -0.3 is 10.4 Å². The molecule has 102 valence electrons. The molecule has 5 unspecified atom stereocenters. The maximum Gasteiger partial charge on any atom is 0.224 e. The molecule has 0 heterocycles. The number of nitrogens with one attached hydrogen (secondary N) is 1. The van der Waals surface area contributed by atoms with E-state index in [1.165, 1.54) is 19.3 Å². The summed E-state index contributed by atoms with van der Waals surface area (Å²) >= 11 is 0. The lowest BCUT2D eigenvalue weighted by Gasteiger charge is -2.29. The van der Waals surface area contributed by atoms with Crippen molar-refractivity contribution < 1.29 is 9.90 Å². The zero-order valence-corrected chi connectivity index (χ0v) is 11.5. The Labute approximate surface area is 109 Å². The molecule has 3 nitrogen and oxygen atoms in total. The maximum absolute atomic E-state index is 12.4. The minimum atomic E-state index is -0.220. The molecule has 0 aliphatic heterocycles. The van der Waals surface area contributed by atoms with Gasteiger partial charge in [0.25, 0.3) is 0 Å². The summed E-state index contributed by atoms with van der Waals surface area (Å²) in [5.41, 5.74) is -0.220. The second-order valence-electron chi connectivity index (χ2n) is 6.89. The van der Waals surface area contributed by atoms with Gasteiger partial charge in [-0.25, -0.2) is 0 Å². The standard InChI is InChI=1S/C15H25NO2/c1-3-15(2,6-7-17)16-14(18)13-11-9-4-5-10(8-9)12(11)13/h9-13,17H,3-8H2,1-2H3,(H,16,18). The number of hydrogen-bond donors (Lipinski definition) is 2. The van der Waals surface area contributed by atoms with E-state index in [0.29, 0.717) is 24.2 Å². The van der Waals surface area contributed by atoms with Crippen molar-refractivity contribution in [1.29, 1.82) is 0 Å². The predicted octanol–water partition coefficient (Wildman–Crippen LogP) is 1.95. The Kier molecular flexibility index (Phi) is 2.92. The third-order valence-corrected chi connectivity index (χ3v) is 5.91. The fourth-order valence-corrected chi connectivity index (χ4v) is 4.63. The Morgan fingerprint density at radius 3 is 2.44 bits per heavy atom. The molecule has 3 saturated carbocycles. The molecule has 0 saturated heterocycles. The van der Waals surface area contributed by atoms with Gasteiger partial charge in [0, 0.05) is 18.1 Å². The third-order valence-electron chi connectivity index (χ3n) is 5.91. The molecule has 3 aliphatic rings. The van der Waals surface area contributed by atoms with Crippen LogP contribution in [0.25, 0.3) is 0 Å². The highest BCUT2D eigenvalue weighted by molar-refractivity contribution is 5.83. The van der Waals surface area contributed by atoms with Gasteiger partial charge in [-0.1, -0.05) is 6.92 Å². The summed E-state index contributed by atoms with van der Waals surface area (Å²) in [7, 11) is 0. The van der Waals surface area contributed by atoms with E-state index in [-0.39, 0.29) is 18.1 Å². The molecule has 3 rings (SSSR count). The molecule has 3 aliphatic carbocycles. The monoisotopic (exact) mass is 251 g/mol. The van der Waals surface area contributed by atoms with Gasteiger partial charge in [0.2, 0.25) is 5.91 Å². The Morgan fingerprint density at radius 1 is 1.33 bits per heavy atom. The van der Waals surface area contributed by atoms with Crippen LogP contribution in [0.3, 0.4) is 0 Å². The first-order valence-corrected chi connectivity index (χ1v) is 7.52. The number of hydrogen-bond acceptors (Lipinski definition) is 2. The minimum Gasteiger partial charge on any atom is -0.396 e. The van der Waals surface area contributed by atoms with Crippen LogP contribution in [0.15, 0.2) is 0 Å². The topological polar surface area (TPSA) is 49.3 Å². The predicted molar refractivity (Wildman–Crippen MR) is 69.8 cm³/mol.